The Morgan fingerprint density at radius 2 is 1.97 bits per heavy atom. The topological polar surface area (TPSA) is 81.7 Å². The second-order valence-electron chi connectivity index (χ2n) is 10.4. The van der Waals surface area contributed by atoms with E-state index in [1.807, 2.05) is 13.0 Å². The fourth-order valence-corrected chi connectivity index (χ4v) is 6.34. The van der Waals surface area contributed by atoms with Crippen LogP contribution < -0.4 is 4.74 Å². The molecule has 188 valence electrons. The average molecular weight is 477 g/mol. The predicted molar refractivity (Wildman–Crippen MR) is 121 cm³/mol. The molecule has 34 heavy (non-hydrogen) atoms. The van der Waals surface area contributed by atoms with Gasteiger partial charge in [0.05, 0.1) is 25.9 Å². The fourth-order valence-electron chi connectivity index (χ4n) is 6.34. The van der Waals surface area contributed by atoms with Gasteiger partial charge in [-0.2, -0.15) is 0 Å². The lowest BCUT2D eigenvalue weighted by molar-refractivity contribution is -0.577. The van der Waals surface area contributed by atoms with Gasteiger partial charge in [-0.15, -0.1) is 0 Å². The molecule has 8 atom stereocenters. The Bertz CT molecular complexity index is 891. The Labute approximate surface area is 201 Å². The first-order chi connectivity index (χ1) is 16.4. The number of carbonyl (C=O) groups is 1. The highest BCUT2D eigenvalue weighted by molar-refractivity contribution is 5.89. The quantitative estimate of drug-likeness (QED) is 0.324. The lowest BCUT2D eigenvalue weighted by Gasteiger charge is -2.60. The van der Waals surface area contributed by atoms with Gasteiger partial charge in [-0.25, -0.2) is 14.6 Å². The first-order valence-corrected chi connectivity index (χ1v) is 12.5. The Kier molecular flexibility index (Phi) is 6.63. The average Bonchev–Trinajstić information content (AvgIpc) is 3.07. The molecule has 1 aromatic rings. The standard InChI is InChI=1S/C26H36O8/c1-16-9-10-21-17(2)23(31-24-26(21)20(16)11-12-25(3,32-24)33-34-26)30-14-6-13-29-19-8-5-7-18(15-19)22(27)28-4/h5,7-8,15-17,20-21,23-24H,6,9-14H2,1-4H3/t16-,17-,20?,21+,23+,24-,25-,26-/m1/s1. The van der Waals surface area contributed by atoms with E-state index in [9.17, 15) is 4.79 Å². The molecule has 0 radical (unpaired) electrons. The van der Waals surface area contributed by atoms with Gasteiger partial charge in [-0.1, -0.05) is 19.9 Å². The summed E-state index contributed by atoms with van der Waals surface area (Å²) in [5, 5.41) is 0. The summed E-state index contributed by atoms with van der Waals surface area (Å²) in [4.78, 5) is 23.7. The van der Waals surface area contributed by atoms with Crippen LogP contribution in [-0.4, -0.2) is 50.3 Å². The van der Waals surface area contributed by atoms with E-state index in [2.05, 4.69) is 13.8 Å². The highest BCUT2D eigenvalue weighted by atomic mass is 17.3. The number of fused-ring (bicyclic) bond motifs is 2. The van der Waals surface area contributed by atoms with Crippen LogP contribution in [0.3, 0.4) is 0 Å². The number of esters is 1. The summed E-state index contributed by atoms with van der Waals surface area (Å²) in [6.45, 7) is 7.39. The van der Waals surface area contributed by atoms with Crippen LogP contribution in [0.4, 0.5) is 0 Å². The Hall–Kier alpha value is -1.71. The van der Waals surface area contributed by atoms with E-state index in [0.717, 1.165) is 19.3 Å². The van der Waals surface area contributed by atoms with E-state index in [0.29, 0.717) is 42.8 Å². The Morgan fingerprint density at radius 3 is 2.79 bits per heavy atom. The number of carbonyl (C=O) groups excluding carboxylic acids is 1. The molecule has 1 unspecified atom stereocenters. The number of benzene rings is 1. The summed E-state index contributed by atoms with van der Waals surface area (Å²) in [6.07, 6.45) is 3.84. The summed E-state index contributed by atoms with van der Waals surface area (Å²) in [7, 11) is 1.36. The van der Waals surface area contributed by atoms with Crippen molar-refractivity contribution in [1.82, 2.24) is 0 Å². The van der Waals surface area contributed by atoms with Crippen LogP contribution in [0.5, 0.6) is 5.75 Å². The third-order valence-electron chi connectivity index (χ3n) is 8.19. The first-order valence-electron chi connectivity index (χ1n) is 12.5. The van der Waals surface area contributed by atoms with Crippen molar-refractivity contribution >= 4 is 5.97 Å². The van der Waals surface area contributed by atoms with Crippen molar-refractivity contribution in [2.45, 2.75) is 76.8 Å². The van der Waals surface area contributed by atoms with Crippen LogP contribution in [0.1, 0.15) is 63.2 Å². The van der Waals surface area contributed by atoms with E-state index >= 15 is 0 Å². The van der Waals surface area contributed by atoms with Crippen LogP contribution in [0.2, 0.25) is 0 Å². The van der Waals surface area contributed by atoms with Gasteiger partial charge in [0, 0.05) is 24.7 Å². The summed E-state index contributed by atoms with van der Waals surface area (Å²) in [5.74, 6) is 0.744. The second kappa shape index (κ2) is 9.39. The lowest BCUT2D eigenvalue weighted by atomic mass is 9.58. The zero-order valence-electron chi connectivity index (χ0n) is 20.5. The number of hydrogen-bond acceptors (Lipinski definition) is 8. The molecule has 4 saturated heterocycles. The van der Waals surface area contributed by atoms with Crippen molar-refractivity contribution < 1.29 is 38.3 Å². The van der Waals surface area contributed by atoms with Gasteiger partial charge in [0.1, 0.15) is 5.75 Å². The molecule has 1 aliphatic carbocycles. The molecule has 1 aromatic carbocycles. The molecule has 8 nitrogen and oxygen atoms in total. The van der Waals surface area contributed by atoms with E-state index < -0.39 is 17.7 Å². The molecule has 0 N–H and O–H groups in total. The zero-order chi connectivity index (χ0) is 23.9. The SMILES string of the molecule is COC(=O)c1cccc(OCCCO[C@H]2O[C@@H]3O[C@@]4(C)CCC5[C@H](C)CC[C@@H]([C@H]2C)[C@]53OO4)c1. The van der Waals surface area contributed by atoms with Gasteiger partial charge < -0.3 is 23.7 Å². The minimum atomic E-state index is -0.783. The van der Waals surface area contributed by atoms with Crippen molar-refractivity contribution in [3.63, 3.8) is 0 Å². The molecule has 8 heteroatoms. The summed E-state index contributed by atoms with van der Waals surface area (Å²) >= 11 is 0. The van der Waals surface area contributed by atoms with Crippen LogP contribution in [0, 0.1) is 23.7 Å². The smallest absolute Gasteiger partial charge is 0.337 e. The maximum Gasteiger partial charge on any atom is 0.337 e. The van der Waals surface area contributed by atoms with Crippen molar-refractivity contribution in [3.05, 3.63) is 29.8 Å². The number of ether oxygens (including phenoxy) is 5. The van der Waals surface area contributed by atoms with Gasteiger partial charge >= 0.3 is 5.97 Å². The van der Waals surface area contributed by atoms with E-state index in [4.69, 9.17) is 33.5 Å². The summed E-state index contributed by atoms with van der Waals surface area (Å²) < 4.78 is 29.6. The van der Waals surface area contributed by atoms with Gasteiger partial charge in [0.2, 0.25) is 5.79 Å². The molecule has 1 saturated carbocycles. The maximum absolute atomic E-state index is 11.7. The third kappa shape index (κ3) is 4.13. The molecule has 5 aliphatic rings. The molecule has 6 rings (SSSR count). The van der Waals surface area contributed by atoms with E-state index in [1.165, 1.54) is 13.5 Å². The maximum atomic E-state index is 11.7. The molecular formula is C26H36O8. The van der Waals surface area contributed by atoms with Crippen molar-refractivity contribution in [2.24, 2.45) is 23.7 Å². The molecule has 4 heterocycles. The van der Waals surface area contributed by atoms with Crippen LogP contribution >= 0.6 is 0 Å². The predicted octanol–water partition coefficient (Wildman–Crippen LogP) is 4.47. The number of rotatable bonds is 7. The van der Waals surface area contributed by atoms with Gasteiger partial charge in [-0.05, 0) is 56.2 Å². The van der Waals surface area contributed by atoms with Crippen molar-refractivity contribution in [1.29, 1.82) is 0 Å². The molecule has 1 spiro atoms. The third-order valence-corrected chi connectivity index (χ3v) is 8.19. The lowest BCUT2D eigenvalue weighted by Crippen LogP contribution is -2.70. The minimum Gasteiger partial charge on any atom is -0.493 e. The number of hydrogen-bond donors (Lipinski definition) is 0. The largest absolute Gasteiger partial charge is 0.493 e. The summed E-state index contributed by atoms with van der Waals surface area (Å²) in [6, 6.07) is 6.97. The van der Waals surface area contributed by atoms with Crippen LogP contribution in [0.15, 0.2) is 24.3 Å². The van der Waals surface area contributed by atoms with E-state index in [-0.39, 0.29) is 24.1 Å². The monoisotopic (exact) mass is 476 g/mol. The molecule has 5 fully saturated rings. The molecule has 2 bridgehead atoms. The highest BCUT2D eigenvalue weighted by Crippen LogP contribution is 2.60. The van der Waals surface area contributed by atoms with Gasteiger partial charge in [0.25, 0.3) is 0 Å². The first kappa shape index (κ1) is 24.0. The Morgan fingerprint density at radius 1 is 1.12 bits per heavy atom. The van der Waals surface area contributed by atoms with Crippen molar-refractivity contribution in [2.75, 3.05) is 20.3 Å². The highest BCUT2D eigenvalue weighted by Gasteiger charge is 2.69. The zero-order valence-corrected chi connectivity index (χ0v) is 20.5. The molecule has 0 aromatic heterocycles. The van der Waals surface area contributed by atoms with Crippen LogP contribution in [0.25, 0.3) is 0 Å². The molecule has 4 aliphatic heterocycles. The Balaban J connectivity index is 1.19. The van der Waals surface area contributed by atoms with Gasteiger partial charge in [-0.3, -0.25) is 0 Å². The van der Waals surface area contributed by atoms with Gasteiger partial charge in [0.15, 0.2) is 18.2 Å². The second-order valence-corrected chi connectivity index (χ2v) is 10.4. The van der Waals surface area contributed by atoms with Crippen LogP contribution in [-0.2, 0) is 28.7 Å². The van der Waals surface area contributed by atoms with Crippen molar-refractivity contribution in [3.8, 4) is 5.75 Å². The normalized spacial score (nSPS) is 40.8. The minimum absolute atomic E-state index is 0.151. The molecular weight excluding hydrogens is 440 g/mol. The summed E-state index contributed by atoms with van der Waals surface area (Å²) in [5.41, 5.74) is -0.104. The van der Waals surface area contributed by atoms with E-state index in [1.54, 1.807) is 18.2 Å². The fraction of sp³-hybridized carbons (Fsp3) is 0.731. The number of methoxy groups -OCH3 is 1. The molecule has 0 amide bonds.